The van der Waals surface area contributed by atoms with Crippen molar-refractivity contribution < 1.29 is 13.7 Å². The van der Waals surface area contributed by atoms with Crippen LogP contribution in [-0.2, 0) is 9.31 Å². The Labute approximate surface area is 313 Å². The molecular weight excluding hydrogens is 677 g/mol. The summed E-state index contributed by atoms with van der Waals surface area (Å²) in [5, 5.41) is 2.25. The van der Waals surface area contributed by atoms with E-state index in [-0.39, 0.29) is 5.28 Å². The van der Waals surface area contributed by atoms with Crippen LogP contribution in [0.25, 0.3) is 78.1 Å². The van der Waals surface area contributed by atoms with Gasteiger partial charge in [-0.25, -0.2) is 4.98 Å². The molecule has 8 heteroatoms. The maximum Gasteiger partial charge on any atom is 0.495 e. The molecule has 0 atom stereocenters. The highest BCUT2D eigenvalue weighted by Crippen LogP contribution is 2.42. The number of benzene rings is 6. The zero-order chi connectivity index (χ0) is 36.3. The van der Waals surface area contributed by atoms with Crippen LogP contribution in [0.15, 0.2) is 144 Å². The third-order valence-electron chi connectivity index (χ3n) is 10.6. The lowest BCUT2D eigenvalue weighted by molar-refractivity contribution is 0.00578. The van der Waals surface area contributed by atoms with Crippen LogP contribution in [0.4, 0.5) is 0 Å². The van der Waals surface area contributed by atoms with Crippen LogP contribution in [-0.4, -0.2) is 33.3 Å². The number of aromatic nitrogens is 3. The van der Waals surface area contributed by atoms with Gasteiger partial charge < -0.3 is 13.7 Å². The SMILES string of the molecule is CC1(C)OB(c2ccc3c(oc4c(-c5cccc(-c6ccc(-c7nc(Cl)nc(-c8ccccc8)n7)cc6)c5)cccc43)c2-c2ccccc2)OC1(C)C. The van der Waals surface area contributed by atoms with Gasteiger partial charge in [-0.1, -0.05) is 133 Å². The van der Waals surface area contributed by atoms with Gasteiger partial charge >= 0.3 is 7.12 Å². The summed E-state index contributed by atoms with van der Waals surface area (Å²) in [6, 6.07) is 47.5. The molecule has 1 aliphatic heterocycles. The molecular formula is C45H35BClN3O3. The van der Waals surface area contributed by atoms with Crippen LogP contribution in [0, 0.1) is 0 Å². The Kier molecular flexibility index (Phi) is 8.04. The Bertz CT molecular complexity index is 2630. The summed E-state index contributed by atoms with van der Waals surface area (Å²) in [4.78, 5) is 13.5. The molecule has 3 heterocycles. The number of halogens is 1. The topological polar surface area (TPSA) is 70.3 Å². The molecule has 0 aliphatic carbocycles. The molecule has 9 rings (SSSR count). The highest BCUT2D eigenvalue weighted by atomic mass is 35.5. The molecule has 258 valence electrons. The van der Waals surface area contributed by atoms with E-state index in [0.29, 0.717) is 11.6 Å². The van der Waals surface area contributed by atoms with Crippen molar-refractivity contribution >= 4 is 46.1 Å². The molecule has 1 fully saturated rings. The minimum atomic E-state index is -0.539. The predicted octanol–water partition coefficient (Wildman–Crippen LogP) is 11.1. The molecule has 8 aromatic rings. The Morgan fingerprint density at radius 1 is 0.491 bits per heavy atom. The number of para-hydroxylation sites is 1. The lowest BCUT2D eigenvalue weighted by atomic mass is 9.74. The highest BCUT2D eigenvalue weighted by molar-refractivity contribution is 6.64. The van der Waals surface area contributed by atoms with Crippen LogP contribution >= 0.6 is 11.6 Å². The fraction of sp³-hybridized carbons (Fsp3) is 0.133. The molecule has 0 N–H and O–H groups in total. The molecule has 1 saturated heterocycles. The first-order chi connectivity index (χ1) is 25.6. The molecule has 6 nitrogen and oxygen atoms in total. The lowest BCUT2D eigenvalue weighted by Crippen LogP contribution is -2.41. The van der Waals surface area contributed by atoms with Crippen molar-refractivity contribution in [3.05, 3.63) is 145 Å². The van der Waals surface area contributed by atoms with E-state index in [1.54, 1.807) is 0 Å². The van der Waals surface area contributed by atoms with Gasteiger partial charge in [0.2, 0.25) is 5.28 Å². The minimum Gasteiger partial charge on any atom is -0.455 e. The van der Waals surface area contributed by atoms with E-state index in [4.69, 9.17) is 30.3 Å². The Morgan fingerprint density at radius 3 is 1.72 bits per heavy atom. The average Bonchev–Trinajstić information content (AvgIpc) is 3.67. The van der Waals surface area contributed by atoms with E-state index in [1.807, 2.05) is 48.5 Å². The normalized spacial score (nSPS) is 15.0. The molecule has 0 spiro atoms. The largest absolute Gasteiger partial charge is 0.495 e. The Morgan fingerprint density at radius 2 is 1.04 bits per heavy atom. The molecule has 0 bridgehead atoms. The zero-order valence-corrected chi connectivity index (χ0v) is 30.6. The van der Waals surface area contributed by atoms with E-state index in [9.17, 15) is 0 Å². The van der Waals surface area contributed by atoms with Crippen molar-refractivity contribution in [2.24, 2.45) is 0 Å². The summed E-state index contributed by atoms with van der Waals surface area (Å²) >= 11 is 6.34. The van der Waals surface area contributed by atoms with Gasteiger partial charge in [0.05, 0.1) is 11.2 Å². The van der Waals surface area contributed by atoms with Gasteiger partial charge in [-0.3, -0.25) is 0 Å². The van der Waals surface area contributed by atoms with E-state index in [0.717, 1.165) is 71.9 Å². The first-order valence-electron chi connectivity index (χ1n) is 17.7. The smallest absolute Gasteiger partial charge is 0.455 e. The number of fused-ring (bicyclic) bond motifs is 3. The molecule has 0 unspecified atom stereocenters. The van der Waals surface area contributed by atoms with Crippen molar-refractivity contribution in [1.82, 2.24) is 15.0 Å². The summed E-state index contributed by atoms with van der Waals surface area (Å²) in [7, 11) is -0.539. The first-order valence-corrected chi connectivity index (χ1v) is 18.1. The van der Waals surface area contributed by atoms with Gasteiger partial charge in [0, 0.05) is 33.0 Å². The van der Waals surface area contributed by atoms with Gasteiger partial charge in [-0.15, -0.1) is 0 Å². The average molecular weight is 712 g/mol. The fourth-order valence-corrected chi connectivity index (χ4v) is 7.21. The van der Waals surface area contributed by atoms with Gasteiger partial charge in [0.1, 0.15) is 11.2 Å². The second-order valence-electron chi connectivity index (χ2n) is 14.4. The maximum atomic E-state index is 6.95. The van der Waals surface area contributed by atoms with Crippen molar-refractivity contribution in [2.75, 3.05) is 0 Å². The van der Waals surface area contributed by atoms with Crippen molar-refractivity contribution in [3.63, 3.8) is 0 Å². The van der Waals surface area contributed by atoms with Crippen LogP contribution in [0.5, 0.6) is 0 Å². The highest BCUT2D eigenvalue weighted by Gasteiger charge is 2.52. The number of hydrogen-bond donors (Lipinski definition) is 0. The van der Waals surface area contributed by atoms with E-state index < -0.39 is 18.3 Å². The Balaban J connectivity index is 1.11. The van der Waals surface area contributed by atoms with Gasteiger partial charge in [-0.2, -0.15) is 9.97 Å². The van der Waals surface area contributed by atoms with Gasteiger partial charge in [0.25, 0.3) is 0 Å². The molecule has 0 amide bonds. The van der Waals surface area contributed by atoms with Crippen LogP contribution in [0.2, 0.25) is 5.28 Å². The number of furan rings is 1. The summed E-state index contributed by atoms with van der Waals surface area (Å²) in [6.45, 7) is 8.32. The molecule has 0 saturated carbocycles. The summed E-state index contributed by atoms with van der Waals surface area (Å²) < 4.78 is 20.1. The second kappa shape index (κ2) is 12.8. The number of hydrogen-bond acceptors (Lipinski definition) is 6. The van der Waals surface area contributed by atoms with E-state index >= 15 is 0 Å². The molecule has 2 aromatic heterocycles. The van der Waals surface area contributed by atoms with Gasteiger partial charge in [-0.05, 0) is 73.1 Å². The summed E-state index contributed by atoms with van der Waals surface area (Å²) in [6.07, 6.45) is 0. The molecule has 53 heavy (non-hydrogen) atoms. The molecule has 0 radical (unpaired) electrons. The molecule has 1 aliphatic rings. The maximum absolute atomic E-state index is 6.95. The molecule has 6 aromatic carbocycles. The number of rotatable bonds is 6. The lowest BCUT2D eigenvalue weighted by Gasteiger charge is -2.32. The van der Waals surface area contributed by atoms with E-state index in [1.165, 1.54) is 0 Å². The first kappa shape index (κ1) is 33.3. The van der Waals surface area contributed by atoms with Crippen LogP contribution < -0.4 is 5.46 Å². The van der Waals surface area contributed by atoms with Crippen LogP contribution in [0.3, 0.4) is 0 Å². The zero-order valence-electron chi connectivity index (χ0n) is 29.8. The third kappa shape index (κ3) is 5.91. The van der Waals surface area contributed by atoms with Gasteiger partial charge in [0.15, 0.2) is 11.6 Å². The van der Waals surface area contributed by atoms with Crippen molar-refractivity contribution in [1.29, 1.82) is 0 Å². The number of nitrogens with zero attached hydrogens (tertiary/aromatic N) is 3. The van der Waals surface area contributed by atoms with E-state index in [2.05, 4.69) is 129 Å². The predicted molar refractivity (Wildman–Crippen MR) is 215 cm³/mol. The summed E-state index contributed by atoms with van der Waals surface area (Å²) in [5.74, 6) is 1.06. The summed E-state index contributed by atoms with van der Waals surface area (Å²) in [5.41, 5.74) is 9.62. The fourth-order valence-electron chi connectivity index (χ4n) is 7.05. The van der Waals surface area contributed by atoms with Crippen molar-refractivity contribution in [2.45, 2.75) is 38.9 Å². The Hall–Kier alpha value is -5.60. The van der Waals surface area contributed by atoms with Crippen LogP contribution in [0.1, 0.15) is 27.7 Å². The third-order valence-corrected chi connectivity index (χ3v) is 10.7. The second-order valence-corrected chi connectivity index (χ2v) is 14.8. The minimum absolute atomic E-state index is 0.158. The standard InChI is InChI=1S/C45H35BClN3O3/c1-44(2)45(3,4)53-46(52-44)37-26-25-36-35-20-12-19-34(39(35)51-40(36)38(37)29-13-7-5-8-14-29)33-18-11-17-32(27-33)28-21-23-31(24-22-28)42-48-41(49-43(47)50-42)30-15-9-6-10-16-30/h5-27H,1-4H3. The quantitative estimate of drug-likeness (QED) is 0.160. The monoisotopic (exact) mass is 711 g/mol. The van der Waals surface area contributed by atoms with Crippen molar-refractivity contribution in [3.8, 4) is 56.2 Å².